The Kier molecular flexibility index (Phi) is 4.83. The monoisotopic (exact) mass is 244 g/mol. The van der Waals surface area contributed by atoms with Crippen LogP contribution in [0.4, 0.5) is 0 Å². The Balaban J connectivity index is 0.00000128. The Morgan fingerprint density at radius 1 is 1.69 bits per heavy atom. The molecule has 0 radical (unpaired) electrons. The summed E-state index contributed by atoms with van der Waals surface area (Å²) in [6.45, 7) is 3.55. The van der Waals surface area contributed by atoms with Gasteiger partial charge in [0.15, 0.2) is 0 Å². The van der Waals surface area contributed by atoms with E-state index in [9.17, 15) is 4.79 Å². The van der Waals surface area contributed by atoms with Gasteiger partial charge in [0.2, 0.25) is 0 Å². The van der Waals surface area contributed by atoms with Gasteiger partial charge in [-0.2, -0.15) is 0 Å². The largest absolute Gasteiger partial charge is 0.469 e. The number of amides is 1. The van der Waals surface area contributed by atoms with Crippen LogP contribution < -0.4 is 10.6 Å². The van der Waals surface area contributed by atoms with Gasteiger partial charge in [-0.3, -0.25) is 4.79 Å². The lowest BCUT2D eigenvalue weighted by molar-refractivity contribution is 0.0949. The van der Waals surface area contributed by atoms with E-state index in [1.54, 1.807) is 13.0 Å². The lowest BCUT2D eigenvalue weighted by Crippen LogP contribution is -2.37. The van der Waals surface area contributed by atoms with Crippen LogP contribution in [0.1, 0.15) is 29.0 Å². The van der Waals surface area contributed by atoms with Gasteiger partial charge in [-0.1, -0.05) is 0 Å². The number of hydrogen-bond donors (Lipinski definition) is 2. The van der Waals surface area contributed by atoms with E-state index in [1.807, 2.05) is 0 Å². The first-order chi connectivity index (χ1) is 7.27. The minimum Gasteiger partial charge on any atom is -0.469 e. The molecule has 1 aliphatic rings. The molecule has 1 amide bonds. The van der Waals surface area contributed by atoms with Gasteiger partial charge in [0.05, 0.1) is 11.8 Å². The van der Waals surface area contributed by atoms with Gasteiger partial charge in [0.25, 0.3) is 5.91 Å². The minimum atomic E-state index is -0.0463. The molecule has 1 fully saturated rings. The molecule has 0 aliphatic carbocycles. The third-order valence-electron chi connectivity index (χ3n) is 2.77. The Morgan fingerprint density at radius 3 is 3.06 bits per heavy atom. The molecular weight excluding hydrogens is 228 g/mol. The Labute approximate surface area is 101 Å². The quantitative estimate of drug-likeness (QED) is 0.847. The molecule has 90 valence electrons. The fourth-order valence-corrected chi connectivity index (χ4v) is 1.86. The van der Waals surface area contributed by atoms with Crippen molar-refractivity contribution in [2.24, 2.45) is 0 Å². The molecule has 2 N–H and O–H groups in total. The number of aryl methyl sites for hydroxylation is 1. The number of furan rings is 1. The maximum atomic E-state index is 11.7. The standard InChI is InChI=1S/C11H16N2O2.ClH/c1-8-10(4-6-15-8)11(14)13-7-9-3-2-5-12-9;/h4,6,9,12H,2-3,5,7H2,1H3,(H,13,14);1H. The maximum absolute atomic E-state index is 11.7. The second-order valence-electron chi connectivity index (χ2n) is 3.89. The highest BCUT2D eigenvalue weighted by Gasteiger charge is 2.16. The molecule has 0 bridgehead atoms. The number of rotatable bonds is 3. The predicted molar refractivity (Wildman–Crippen MR) is 64.1 cm³/mol. The van der Waals surface area contributed by atoms with Crippen LogP contribution in [0.15, 0.2) is 16.7 Å². The van der Waals surface area contributed by atoms with Gasteiger partial charge >= 0.3 is 0 Å². The second kappa shape index (κ2) is 5.92. The highest BCUT2D eigenvalue weighted by molar-refractivity contribution is 5.95. The molecule has 0 spiro atoms. The minimum absolute atomic E-state index is 0. The van der Waals surface area contributed by atoms with Crippen molar-refractivity contribution in [3.8, 4) is 0 Å². The molecule has 1 atom stereocenters. The first-order valence-electron chi connectivity index (χ1n) is 5.33. The lowest BCUT2D eigenvalue weighted by Gasteiger charge is -2.10. The van der Waals surface area contributed by atoms with E-state index < -0.39 is 0 Å². The molecule has 1 saturated heterocycles. The van der Waals surface area contributed by atoms with Crippen molar-refractivity contribution >= 4 is 18.3 Å². The smallest absolute Gasteiger partial charge is 0.254 e. The van der Waals surface area contributed by atoms with E-state index >= 15 is 0 Å². The fraction of sp³-hybridized carbons (Fsp3) is 0.545. The van der Waals surface area contributed by atoms with Crippen molar-refractivity contribution in [1.29, 1.82) is 0 Å². The van der Waals surface area contributed by atoms with E-state index in [0.717, 1.165) is 13.0 Å². The normalized spacial score (nSPS) is 19.2. The van der Waals surface area contributed by atoms with E-state index in [-0.39, 0.29) is 18.3 Å². The van der Waals surface area contributed by atoms with Gasteiger partial charge in [-0.15, -0.1) is 12.4 Å². The summed E-state index contributed by atoms with van der Waals surface area (Å²) in [6, 6.07) is 2.13. The molecular formula is C11H17ClN2O2. The zero-order chi connectivity index (χ0) is 10.7. The molecule has 0 aromatic carbocycles. The van der Waals surface area contributed by atoms with Crippen LogP contribution in [-0.2, 0) is 0 Å². The molecule has 1 unspecified atom stereocenters. The van der Waals surface area contributed by atoms with Crippen LogP contribution >= 0.6 is 12.4 Å². The zero-order valence-electron chi connectivity index (χ0n) is 9.29. The average Bonchev–Trinajstić information content (AvgIpc) is 2.84. The Morgan fingerprint density at radius 2 is 2.50 bits per heavy atom. The highest BCUT2D eigenvalue weighted by atomic mass is 35.5. The summed E-state index contributed by atoms with van der Waals surface area (Å²) in [6.07, 6.45) is 3.88. The van der Waals surface area contributed by atoms with Crippen LogP contribution in [0.25, 0.3) is 0 Å². The SMILES string of the molecule is Cc1occc1C(=O)NCC1CCCN1.Cl. The summed E-state index contributed by atoms with van der Waals surface area (Å²) in [7, 11) is 0. The molecule has 1 aromatic rings. The molecule has 1 aromatic heterocycles. The van der Waals surface area contributed by atoms with Crippen LogP contribution in [0.3, 0.4) is 0 Å². The van der Waals surface area contributed by atoms with Gasteiger partial charge in [0.1, 0.15) is 5.76 Å². The predicted octanol–water partition coefficient (Wildman–Crippen LogP) is 1.49. The summed E-state index contributed by atoms with van der Waals surface area (Å²) in [5, 5.41) is 6.24. The van der Waals surface area contributed by atoms with Crippen molar-refractivity contribution in [1.82, 2.24) is 10.6 Å². The first-order valence-corrected chi connectivity index (χ1v) is 5.33. The van der Waals surface area contributed by atoms with E-state index in [2.05, 4.69) is 10.6 Å². The summed E-state index contributed by atoms with van der Waals surface area (Å²) < 4.78 is 5.08. The molecule has 4 nitrogen and oxygen atoms in total. The summed E-state index contributed by atoms with van der Waals surface area (Å²) >= 11 is 0. The van der Waals surface area contributed by atoms with E-state index in [4.69, 9.17) is 4.42 Å². The van der Waals surface area contributed by atoms with Crippen molar-refractivity contribution in [3.05, 3.63) is 23.7 Å². The summed E-state index contributed by atoms with van der Waals surface area (Å²) in [5.41, 5.74) is 0.632. The molecule has 0 saturated carbocycles. The molecule has 1 aliphatic heterocycles. The van der Waals surface area contributed by atoms with Gasteiger partial charge < -0.3 is 15.1 Å². The Bertz CT molecular complexity index is 346. The number of nitrogens with one attached hydrogen (secondary N) is 2. The van der Waals surface area contributed by atoms with Crippen molar-refractivity contribution < 1.29 is 9.21 Å². The van der Waals surface area contributed by atoms with Crippen LogP contribution in [0, 0.1) is 6.92 Å². The Hall–Kier alpha value is -1.00. The second-order valence-corrected chi connectivity index (χ2v) is 3.89. The lowest BCUT2D eigenvalue weighted by atomic mass is 10.2. The van der Waals surface area contributed by atoms with Crippen LogP contribution in [0.5, 0.6) is 0 Å². The number of halogens is 1. The molecule has 2 heterocycles. The maximum Gasteiger partial charge on any atom is 0.254 e. The van der Waals surface area contributed by atoms with E-state index in [1.165, 1.54) is 12.7 Å². The van der Waals surface area contributed by atoms with Gasteiger partial charge in [-0.25, -0.2) is 0 Å². The third kappa shape index (κ3) is 3.00. The third-order valence-corrected chi connectivity index (χ3v) is 2.77. The zero-order valence-corrected chi connectivity index (χ0v) is 10.1. The molecule has 2 rings (SSSR count). The van der Waals surface area contributed by atoms with Crippen LogP contribution in [0.2, 0.25) is 0 Å². The van der Waals surface area contributed by atoms with Gasteiger partial charge in [0, 0.05) is 12.6 Å². The van der Waals surface area contributed by atoms with Crippen molar-refractivity contribution in [3.63, 3.8) is 0 Å². The summed E-state index contributed by atoms with van der Waals surface area (Å²) in [5.74, 6) is 0.627. The van der Waals surface area contributed by atoms with Crippen molar-refractivity contribution in [2.45, 2.75) is 25.8 Å². The first kappa shape index (κ1) is 13.1. The highest BCUT2D eigenvalue weighted by Crippen LogP contribution is 2.09. The van der Waals surface area contributed by atoms with Crippen LogP contribution in [-0.4, -0.2) is 25.0 Å². The van der Waals surface area contributed by atoms with Crippen molar-refractivity contribution in [2.75, 3.05) is 13.1 Å². The summed E-state index contributed by atoms with van der Waals surface area (Å²) in [4.78, 5) is 11.7. The topological polar surface area (TPSA) is 54.3 Å². The fourth-order valence-electron chi connectivity index (χ4n) is 1.86. The molecule has 16 heavy (non-hydrogen) atoms. The van der Waals surface area contributed by atoms with Gasteiger partial charge in [-0.05, 0) is 32.4 Å². The number of hydrogen-bond acceptors (Lipinski definition) is 3. The number of carbonyl (C=O) groups is 1. The molecule has 5 heteroatoms. The average molecular weight is 245 g/mol. The van der Waals surface area contributed by atoms with E-state index in [0.29, 0.717) is 23.9 Å². The number of carbonyl (C=O) groups excluding carboxylic acids is 1.